The van der Waals surface area contributed by atoms with Crippen LogP contribution in [0.15, 0.2) is 42.5 Å². The minimum atomic E-state index is -0.510. The van der Waals surface area contributed by atoms with E-state index in [-0.39, 0.29) is 17.3 Å². The molecule has 0 aromatic heterocycles. The average molecular weight is 384 g/mol. The van der Waals surface area contributed by atoms with Gasteiger partial charge in [-0.15, -0.1) is 0 Å². The number of carbonyl (C=O) groups is 1. The fourth-order valence-corrected chi connectivity index (χ4v) is 3.20. The second kappa shape index (κ2) is 8.60. The van der Waals surface area contributed by atoms with Gasteiger partial charge >= 0.3 is 0 Å². The largest absolute Gasteiger partial charge is 0.494 e. The Balaban J connectivity index is 1.62. The van der Waals surface area contributed by atoms with Crippen molar-refractivity contribution in [1.29, 1.82) is 0 Å². The van der Waals surface area contributed by atoms with E-state index in [2.05, 4.69) is 27.7 Å². The molecule has 0 unspecified atom stereocenters. The summed E-state index contributed by atoms with van der Waals surface area (Å²) in [6, 6.07) is 11.6. The zero-order chi connectivity index (χ0) is 20.1. The van der Waals surface area contributed by atoms with E-state index in [4.69, 9.17) is 4.74 Å². The molecule has 3 rings (SSSR count). The molecule has 0 radical (unpaired) electrons. The number of carbonyl (C=O) groups excluding carboxylic acids is 1. The predicted octanol–water partition coefficient (Wildman–Crippen LogP) is 3.64. The lowest BCUT2D eigenvalue weighted by atomic mass is 10.2. The molecular weight excluding hydrogens is 360 g/mol. The number of hydrogen-bond acceptors (Lipinski definition) is 6. The lowest BCUT2D eigenvalue weighted by Crippen LogP contribution is -2.32. The van der Waals surface area contributed by atoms with Crippen LogP contribution in [0.5, 0.6) is 5.75 Å². The maximum absolute atomic E-state index is 12.5. The van der Waals surface area contributed by atoms with Gasteiger partial charge in [0.2, 0.25) is 5.91 Å². The van der Waals surface area contributed by atoms with Gasteiger partial charge in [-0.1, -0.05) is 0 Å². The molecule has 1 saturated heterocycles. The maximum Gasteiger partial charge on any atom is 0.273 e. The van der Waals surface area contributed by atoms with Crippen LogP contribution in [0.25, 0.3) is 0 Å². The Kier molecular flexibility index (Phi) is 5.98. The van der Waals surface area contributed by atoms with Crippen LogP contribution < -0.4 is 20.3 Å². The first kappa shape index (κ1) is 19.5. The number of benzene rings is 2. The molecule has 148 valence electrons. The van der Waals surface area contributed by atoms with Gasteiger partial charge in [-0.25, -0.2) is 0 Å². The zero-order valence-corrected chi connectivity index (χ0v) is 16.0. The van der Waals surface area contributed by atoms with Gasteiger partial charge in [0, 0.05) is 30.5 Å². The lowest BCUT2D eigenvalue weighted by Gasteiger charge is -2.19. The summed E-state index contributed by atoms with van der Waals surface area (Å²) in [6.45, 7) is 3.92. The number of methoxy groups -OCH3 is 1. The van der Waals surface area contributed by atoms with Crippen molar-refractivity contribution >= 4 is 28.7 Å². The van der Waals surface area contributed by atoms with E-state index in [9.17, 15) is 14.9 Å². The lowest BCUT2D eigenvalue weighted by molar-refractivity contribution is -0.384. The molecule has 1 fully saturated rings. The van der Waals surface area contributed by atoms with Gasteiger partial charge in [-0.05, 0) is 50.1 Å². The summed E-state index contributed by atoms with van der Waals surface area (Å²) in [5.74, 6) is -0.0273. The smallest absolute Gasteiger partial charge is 0.273 e. The van der Waals surface area contributed by atoms with Crippen molar-refractivity contribution in [3.05, 3.63) is 52.6 Å². The molecule has 0 aliphatic carbocycles. The van der Waals surface area contributed by atoms with Crippen molar-refractivity contribution in [3.8, 4) is 5.75 Å². The highest BCUT2D eigenvalue weighted by atomic mass is 16.6. The van der Waals surface area contributed by atoms with Gasteiger partial charge in [-0.3, -0.25) is 14.9 Å². The monoisotopic (exact) mass is 384 g/mol. The van der Waals surface area contributed by atoms with E-state index in [0.717, 1.165) is 18.8 Å². The summed E-state index contributed by atoms with van der Waals surface area (Å²) < 4.78 is 5.15. The molecule has 0 saturated carbocycles. The third-order valence-corrected chi connectivity index (χ3v) is 4.77. The van der Waals surface area contributed by atoms with Gasteiger partial charge in [0.25, 0.3) is 5.69 Å². The van der Waals surface area contributed by atoms with Crippen molar-refractivity contribution in [2.24, 2.45) is 0 Å². The Morgan fingerprint density at radius 2 is 1.86 bits per heavy atom. The van der Waals surface area contributed by atoms with E-state index < -0.39 is 11.0 Å². The van der Waals surface area contributed by atoms with Crippen LogP contribution in [-0.4, -0.2) is 37.1 Å². The number of non-ortho nitro benzene ring substituents is 1. The molecule has 1 heterocycles. The number of amides is 1. The van der Waals surface area contributed by atoms with Crippen LogP contribution in [0.2, 0.25) is 0 Å². The summed E-state index contributed by atoms with van der Waals surface area (Å²) in [5, 5.41) is 16.8. The van der Waals surface area contributed by atoms with Crippen molar-refractivity contribution in [1.82, 2.24) is 0 Å². The molecule has 28 heavy (non-hydrogen) atoms. The maximum atomic E-state index is 12.5. The van der Waals surface area contributed by atoms with E-state index in [1.807, 2.05) is 12.1 Å². The molecule has 8 nitrogen and oxygen atoms in total. The molecular formula is C20H24N4O4. The second-order valence-corrected chi connectivity index (χ2v) is 6.74. The standard InChI is InChI=1S/C20H24N4O4/c1-14(21-15-5-7-16(8-6-15)23-11-3-4-12-23)20(25)22-18-10-9-17(24(26)27)13-19(18)28-2/h5-10,13-14,21H,3-4,11-12H2,1-2H3,(H,22,25)/t14-/m0/s1. The van der Waals surface area contributed by atoms with Crippen LogP contribution in [-0.2, 0) is 4.79 Å². The first-order valence-electron chi connectivity index (χ1n) is 9.23. The highest BCUT2D eigenvalue weighted by molar-refractivity contribution is 5.97. The summed E-state index contributed by atoms with van der Waals surface area (Å²) in [7, 11) is 1.40. The molecule has 8 heteroatoms. The number of ether oxygens (including phenoxy) is 1. The van der Waals surface area contributed by atoms with Gasteiger partial charge in [-0.2, -0.15) is 0 Å². The quantitative estimate of drug-likeness (QED) is 0.559. The van der Waals surface area contributed by atoms with Crippen molar-refractivity contribution < 1.29 is 14.5 Å². The second-order valence-electron chi connectivity index (χ2n) is 6.74. The Labute approximate surface area is 163 Å². The number of anilines is 3. The Hall–Kier alpha value is -3.29. The van der Waals surface area contributed by atoms with E-state index >= 15 is 0 Å². The minimum Gasteiger partial charge on any atom is -0.494 e. The fourth-order valence-electron chi connectivity index (χ4n) is 3.20. The molecule has 0 bridgehead atoms. The van der Waals surface area contributed by atoms with Crippen LogP contribution >= 0.6 is 0 Å². The third-order valence-electron chi connectivity index (χ3n) is 4.77. The number of hydrogen-bond donors (Lipinski definition) is 2. The molecule has 1 aliphatic heterocycles. The number of rotatable bonds is 7. The average Bonchev–Trinajstić information content (AvgIpc) is 3.23. The fraction of sp³-hybridized carbons (Fsp3) is 0.350. The van der Waals surface area contributed by atoms with Crippen molar-refractivity contribution in [3.63, 3.8) is 0 Å². The summed E-state index contributed by atoms with van der Waals surface area (Å²) in [6.07, 6.45) is 2.45. The van der Waals surface area contributed by atoms with Gasteiger partial charge in [0.1, 0.15) is 11.8 Å². The first-order valence-corrected chi connectivity index (χ1v) is 9.23. The summed E-state index contributed by atoms with van der Waals surface area (Å²) in [4.78, 5) is 25.2. The molecule has 1 amide bonds. The number of nitro groups is 1. The van der Waals surface area contributed by atoms with Gasteiger partial charge in [0.15, 0.2) is 0 Å². The summed E-state index contributed by atoms with van der Waals surface area (Å²) >= 11 is 0. The van der Waals surface area contributed by atoms with Gasteiger partial charge < -0.3 is 20.3 Å². The molecule has 2 N–H and O–H groups in total. The summed E-state index contributed by atoms with van der Waals surface area (Å²) in [5.41, 5.74) is 2.33. The SMILES string of the molecule is COc1cc([N+](=O)[O-])ccc1NC(=O)[C@H](C)Nc1ccc(N2CCCC2)cc1. The van der Waals surface area contributed by atoms with E-state index in [1.165, 1.54) is 43.8 Å². The Morgan fingerprint density at radius 3 is 2.46 bits per heavy atom. The molecule has 1 aliphatic rings. The minimum absolute atomic E-state index is 0.0980. The van der Waals surface area contributed by atoms with Crippen molar-refractivity contribution in [2.45, 2.75) is 25.8 Å². The van der Waals surface area contributed by atoms with Gasteiger partial charge in [0.05, 0.1) is 23.8 Å². The first-order chi connectivity index (χ1) is 13.5. The zero-order valence-electron chi connectivity index (χ0n) is 16.0. The number of nitrogens with one attached hydrogen (secondary N) is 2. The van der Waals surface area contributed by atoms with Crippen LogP contribution in [0, 0.1) is 10.1 Å². The highest BCUT2D eigenvalue weighted by Crippen LogP contribution is 2.29. The van der Waals surface area contributed by atoms with Crippen molar-refractivity contribution in [2.75, 3.05) is 35.7 Å². The van der Waals surface area contributed by atoms with Crippen LogP contribution in [0.1, 0.15) is 19.8 Å². The Morgan fingerprint density at radius 1 is 1.18 bits per heavy atom. The molecule has 2 aromatic carbocycles. The van der Waals surface area contributed by atoms with Crippen LogP contribution in [0.4, 0.5) is 22.7 Å². The van der Waals surface area contributed by atoms with E-state index in [0.29, 0.717) is 5.69 Å². The topological polar surface area (TPSA) is 96.7 Å². The molecule has 2 aromatic rings. The van der Waals surface area contributed by atoms with E-state index in [1.54, 1.807) is 6.92 Å². The predicted molar refractivity (Wildman–Crippen MR) is 109 cm³/mol. The number of nitrogens with zero attached hydrogens (tertiary/aromatic N) is 2. The highest BCUT2D eigenvalue weighted by Gasteiger charge is 2.18. The van der Waals surface area contributed by atoms with Crippen LogP contribution in [0.3, 0.4) is 0 Å². The Bertz CT molecular complexity index is 848. The third kappa shape index (κ3) is 4.51. The number of nitro benzene ring substituents is 1. The molecule has 0 spiro atoms. The normalized spacial score (nSPS) is 14.4. The molecule has 1 atom stereocenters.